The third-order valence-corrected chi connectivity index (χ3v) is 4.18. The molecular formula is C12H22N2O3S. The molecule has 6 heteroatoms. The van der Waals surface area contributed by atoms with E-state index >= 15 is 0 Å². The summed E-state index contributed by atoms with van der Waals surface area (Å²) >= 11 is 0. The Morgan fingerprint density at radius 2 is 2.17 bits per heavy atom. The minimum absolute atomic E-state index is 0.104. The Morgan fingerprint density at radius 3 is 2.67 bits per heavy atom. The number of carbonyl (C=O) groups excluding carboxylic acids is 1. The van der Waals surface area contributed by atoms with Crippen molar-refractivity contribution in [1.82, 2.24) is 0 Å². The minimum Gasteiger partial charge on any atom is -0.468 e. The van der Waals surface area contributed by atoms with Crippen molar-refractivity contribution in [2.45, 2.75) is 25.8 Å². The van der Waals surface area contributed by atoms with Gasteiger partial charge in [0.05, 0.1) is 7.11 Å². The molecule has 0 bridgehead atoms. The Balaban J connectivity index is 4.17. The van der Waals surface area contributed by atoms with E-state index in [9.17, 15) is 9.00 Å². The Hall–Kier alpha value is -1.14. The van der Waals surface area contributed by atoms with Gasteiger partial charge in [0.1, 0.15) is 6.04 Å². The van der Waals surface area contributed by atoms with Gasteiger partial charge in [0.25, 0.3) is 0 Å². The standard InChI is InChI=1S/C12H22N2O3S/c1-4-5-10(2)6-8-18(14,16)9-7-11(13)12(15)17-3/h4-5,11,14H,2,6-9,13H2,1,3H3/b5-4-/t11-,18?/m0/s1. The molecule has 5 nitrogen and oxygen atoms in total. The Labute approximate surface area is 109 Å². The first-order valence-electron chi connectivity index (χ1n) is 5.70. The summed E-state index contributed by atoms with van der Waals surface area (Å²) in [5.74, 6) is -0.195. The Bertz CT molecular complexity index is 413. The molecule has 18 heavy (non-hydrogen) atoms. The molecule has 0 aromatic rings. The molecule has 0 heterocycles. The first-order chi connectivity index (χ1) is 8.32. The van der Waals surface area contributed by atoms with Crippen molar-refractivity contribution in [3.63, 3.8) is 0 Å². The second-order valence-electron chi connectivity index (χ2n) is 4.05. The molecule has 0 aliphatic heterocycles. The molecule has 0 aliphatic rings. The zero-order valence-electron chi connectivity index (χ0n) is 11.0. The summed E-state index contributed by atoms with van der Waals surface area (Å²) in [5, 5.41) is 0. The van der Waals surface area contributed by atoms with Crippen LogP contribution in [0.1, 0.15) is 19.8 Å². The van der Waals surface area contributed by atoms with Crippen LogP contribution in [0.5, 0.6) is 0 Å². The number of nitrogens with two attached hydrogens (primary N) is 1. The molecule has 0 fully saturated rings. The first-order valence-corrected chi connectivity index (χ1v) is 7.60. The highest BCUT2D eigenvalue weighted by molar-refractivity contribution is 7.92. The lowest BCUT2D eigenvalue weighted by atomic mass is 10.2. The molecule has 3 N–H and O–H groups in total. The SMILES string of the molecule is C=C(/C=C\C)CCS(=N)(=O)CC[C@H](N)C(=O)OC. The molecule has 0 rings (SSSR count). The molecule has 0 saturated carbocycles. The van der Waals surface area contributed by atoms with Crippen molar-refractivity contribution in [2.75, 3.05) is 18.6 Å². The highest BCUT2D eigenvalue weighted by Crippen LogP contribution is 2.07. The number of hydrogen-bond donors (Lipinski definition) is 2. The van der Waals surface area contributed by atoms with Gasteiger partial charge >= 0.3 is 5.97 Å². The van der Waals surface area contributed by atoms with Gasteiger partial charge < -0.3 is 10.5 Å². The van der Waals surface area contributed by atoms with Crippen LogP contribution in [0.2, 0.25) is 0 Å². The predicted molar refractivity (Wildman–Crippen MR) is 73.8 cm³/mol. The number of esters is 1. The van der Waals surface area contributed by atoms with Gasteiger partial charge in [-0.1, -0.05) is 24.3 Å². The van der Waals surface area contributed by atoms with E-state index in [2.05, 4.69) is 11.3 Å². The van der Waals surface area contributed by atoms with E-state index in [0.29, 0.717) is 6.42 Å². The van der Waals surface area contributed by atoms with E-state index in [-0.39, 0.29) is 17.9 Å². The van der Waals surface area contributed by atoms with E-state index in [1.807, 2.05) is 19.1 Å². The topological polar surface area (TPSA) is 93.2 Å². The summed E-state index contributed by atoms with van der Waals surface area (Å²) in [6.45, 7) is 5.66. The summed E-state index contributed by atoms with van der Waals surface area (Å²) in [6.07, 6.45) is 4.39. The van der Waals surface area contributed by atoms with Crippen LogP contribution < -0.4 is 5.73 Å². The second kappa shape index (κ2) is 8.05. The smallest absolute Gasteiger partial charge is 0.322 e. The van der Waals surface area contributed by atoms with Crippen LogP contribution in [0, 0.1) is 4.78 Å². The van der Waals surface area contributed by atoms with Crippen LogP contribution in [0.25, 0.3) is 0 Å². The predicted octanol–water partition coefficient (Wildman–Crippen LogP) is 1.45. The fraction of sp³-hybridized carbons (Fsp3) is 0.583. The summed E-state index contributed by atoms with van der Waals surface area (Å²) in [4.78, 5) is 11.1. The lowest BCUT2D eigenvalue weighted by Gasteiger charge is -2.11. The summed E-state index contributed by atoms with van der Waals surface area (Å²) in [5.41, 5.74) is 6.37. The molecule has 2 atom stereocenters. The minimum atomic E-state index is -2.71. The fourth-order valence-electron chi connectivity index (χ4n) is 1.30. The van der Waals surface area contributed by atoms with E-state index < -0.39 is 21.7 Å². The molecule has 0 radical (unpaired) electrons. The molecule has 1 unspecified atom stereocenters. The zero-order valence-corrected chi connectivity index (χ0v) is 11.8. The highest BCUT2D eigenvalue weighted by Gasteiger charge is 2.16. The van der Waals surface area contributed by atoms with Gasteiger partial charge in [-0.25, -0.2) is 4.21 Å². The van der Waals surface area contributed by atoms with E-state index in [4.69, 9.17) is 10.5 Å². The molecule has 0 aromatic heterocycles. The third-order valence-electron chi connectivity index (χ3n) is 2.42. The molecule has 0 amide bonds. The first kappa shape index (κ1) is 16.9. The van der Waals surface area contributed by atoms with E-state index in [1.54, 1.807) is 0 Å². The van der Waals surface area contributed by atoms with Gasteiger partial charge in [0.2, 0.25) is 0 Å². The van der Waals surface area contributed by atoms with E-state index in [0.717, 1.165) is 5.57 Å². The molecule has 0 aromatic carbocycles. The van der Waals surface area contributed by atoms with Crippen molar-refractivity contribution in [3.8, 4) is 0 Å². The molecular weight excluding hydrogens is 252 g/mol. The number of nitrogens with one attached hydrogen (secondary N) is 1. The van der Waals surface area contributed by atoms with Crippen LogP contribution >= 0.6 is 0 Å². The number of carbonyl (C=O) groups is 1. The van der Waals surface area contributed by atoms with Crippen LogP contribution in [0.4, 0.5) is 0 Å². The third kappa shape index (κ3) is 7.24. The molecule has 0 spiro atoms. The highest BCUT2D eigenvalue weighted by atomic mass is 32.2. The zero-order chi connectivity index (χ0) is 14.2. The summed E-state index contributed by atoms with van der Waals surface area (Å²) < 4.78 is 24.1. The van der Waals surface area contributed by atoms with Crippen molar-refractivity contribution >= 4 is 15.7 Å². The summed E-state index contributed by atoms with van der Waals surface area (Å²) in [6, 6.07) is -0.806. The quantitative estimate of drug-likeness (QED) is 0.517. The number of rotatable bonds is 8. The maximum atomic E-state index is 11.9. The van der Waals surface area contributed by atoms with E-state index in [1.165, 1.54) is 7.11 Å². The number of methoxy groups -OCH3 is 1. The normalized spacial score (nSPS) is 16.2. The lowest BCUT2D eigenvalue weighted by molar-refractivity contribution is -0.142. The van der Waals surface area contributed by atoms with Gasteiger partial charge in [0, 0.05) is 21.2 Å². The lowest BCUT2D eigenvalue weighted by Crippen LogP contribution is -2.33. The van der Waals surface area contributed by atoms with Crippen LogP contribution in [-0.4, -0.2) is 34.8 Å². The number of ether oxygens (including phenoxy) is 1. The van der Waals surface area contributed by atoms with Gasteiger partial charge in [-0.15, -0.1) is 0 Å². The van der Waals surface area contributed by atoms with Gasteiger partial charge in [0.15, 0.2) is 0 Å². The van der Waals surface area contributed by atoms with Crippen molar-refractivity contribution < 1.29 is 13.7 Å². The largest absolute Gasteiger partial charge is 0.468 e. The fourth-order valence-corrected chi connectivity index (χ4v) is 2.73. The summed E-state index contributed by atoms with van der Waals surface area (Å²) in [7, 11) is -1.46. The number of allylic oxidation sites excluding steroid dienone is 3. The molecule has 0 aliphatic carbocycles. The average Bonchev–Trinajstić information content (AvgIpc) is 2.33. The number of hydrogen-bond acceptors (Lipinski definition) is 5. The second-order valence-corrected chi connectivity index (χ2v) is 6.49. The maximum Gasteiger partial charge on any atom is 0.322 e. The van der Waals surface area contributed by atoms with Crippen LogP contribution in [-0.2, 0) is 19.3 Å². The van der Waals surface area contributed by atoms with Crippen molar-refractivity contribution in [2.24, 2.45) is 5.73 Å². The maximum absolute atomic E-state index is 11.9. The Kier molecular flexibility index (Phi) is 7.54. The van der Waals surface area contributed by atoms with Gasteiger partial charge in [-0.05, 0) is 19.8 Å². The average molecular weight is 274 g/mol. The van der Waals surface area contributed by atoms with Crippen LogP contribution in [0.15, 0.2) is 24.3 Å². The Morgan fingerprint density at radius 1 is 1.56 bits per heavy atom. The van der Waals surface area contributed by atoms with Gasteiger partial charge in [-0.2, -0.15) is 0 Å². The monoisotopic (exact) mass is 274 g/mol. The van der Waals surface area contributed by atoms with Crippen LogP contribution in [0.3, 0.4) is 0 Å². The van der Waals surface area contributed by atoms with Crippen molar-refractivity contribution in [1.29, 1.82) is 4.78 Å². The molecule has 0 saturated heterocycles. The van der Waals surface area contributed by atoms with Gasteiger partial charge in [-0.3, -0.25) is 9.57 Å². The molecule has 104 valence electrons. The van der Waals surface area contributed by atoms with Crippen molar-refractivity contribution in [3.05, 3.63) is 24.3 Å².